The Morgan fingerprint density at radius 1 is 1.73 bits per heavy atom. The highest BCUT2D eigenvalue weighted by Gasteiger charge is 2.05. The van der Waals surface area contributed by atoms with E-state index in [4.69, 9.17) is 0 Å². The summed E-state index contributed by atoms with van der Waals surface area (Å²) in [6.45, 7) is 1.81. The van der Waals surface area contributed by atoms with E-state index in [-0.39, 0.29) is 5.78 Å². The van der Waals surface area contributed by atoms with Crippen LogP contribution in [0.2, 0.25) is 0 Å². The van der Waals surface area contributed by atoms with E-state index < -0.39 is 0 Å². The lowest BCUT2D eigenvalue weighted by molar-refractivity contribution is 0.103. The molecule has 0 saturated heterocycles. The first-order chi connectivity index (χ1) is 5.25. The first kappa shape index (κ1) is 7.72. The van der Waals surface area contributed by atoms with Crippen molar-refractivity contribution in [2.45, 2.75) is 6.92 Å². The Labute approximate surface area is 65.4 Å². The molecule has 0 aliphatic carbocycles. The molecule has 1 aromatic rings. The Bertz CT molecular complexity index is 286. The van der Waals surface area contributed by atoms with Crippen LogP contribution < -0.4 is 0 Å². The number of imidazole rings is 1. The maximum atomic E-state index is 11.2. The van der Waals surface area contributed by atoms with Crippen molar-refractivity contribution < 1.29 is 4.79 Å². The number of carbonyl (C=O) groups is 1. The van der Waals surface area contributed by atoms with E-state index in [1.807, 2.05) is 0 Å². The monoisotopic (exact) mass is 150 g/mol. The van der Waals surface area contributed by atoms with Crippen LogP contribution in [0.25, 0.3) is 0 Å². The van der Waals surface area contributed by atoms with Crippen LogP contribution in [0.3, 0.4) is 0 Å². The second-order valence-corrected chi connectivity index (χ2v) is 2.23. The lowest BCUT2D eigenvalue weighted by atomic mass is 10.3. The summed E-state index contributed by atoms with van der Waals surface area (Å²) in [6, 6.07) is 0. The number of aromatic nitrogens is 2. The van der Waals surface area contributed by atoms with E-state index >= 15 is 0 Å². The van der Waals surface area contributed by atoms with Gasteiger partial charge in [0.1, 0.15) is 0 Å². The van der Waals surface area contributed by atoms with Gasteiger partial charge in [-0.05, 0) is 13.0 Å². The highest BCUT2D eigenvalue weighted by atomic mass is 16.1. The van der Waals surface area contributed by atoms with Gasteiger partial charge in [0.15, 0.2) is 5.82 Å². The summed E-state index contributed by atoms with van der Waals surface area (Å²) in [5, 5.41) is 0. The van der Waals surface area contributed by atoms with Gasteiger partial charge in [-0.25, -0.2) is 4.98 Å². The highest BCUT2D eigenvalue weighted by Crippen LogP contribution is 1.96. The van der Waals surface area contributed by atoms with Crippen LogP contribution in [-0.4, -0.2) is 15.3 Å². The molecule has 58 valence electrons. The number of nitrogens with zero attached hydrogens (tertiary/aromatic N) is 2. The molecule has 1 aromatic heterocycles. The minimum Gasteiger partial charge on any atom is -0.331 e. The fourth-order valence-electron chi connectivity index (χ4n) is 0.829. The van der Waals surface area contributed by atoms with E-state index in [0.717, 1.165) is 0 Å². The van der Waals surface area contributed by atoms with Crippen molar-refractivity contribution in [3.05, 3.63) is 30.4 Å². The van der Waals surface area contributed by atoms with Crippen LogP contribution in [0.5, 0.6) is 0 Å². The summed E-state index contributed by atoms with van der Waals surface area (Å²) >= 11 is 0. The van der Waals surface area contributed by atoms with Crippen molar-refractivity contribution in [3.8, 4) is 0 Å². The van der Waals surface area contributed by atoms with Crippen molar-refractivity contribution in [2.24, 2.45) is 7.05 Å². The maximum absolute atomic E-state index is 11.2. The number of aryl methyl sites for hydroxylation is 1. The van der Waals surface area contributed by atoms with Gasteiger partial charge in [-0.3, -0.25) is 4.79 Å². The molecule has 11 heavy (non-hydrogen) atoms. The Balaban J connectivity index is 2.93. The van der Waals surface area contributed by atoms with E-state index in [0.29, 0.717) is 5.82 Å². The molecule has 1 rings (SSSR count). The maximum Gasteiger partial charge on any atom is 0.220 e. The molecule has 0 radical (unpaired) electrons. The molecule has 0 aromatic carbocycles. The van der Waals surface area contributed by atoms with Gasteiger partial charge < -0.3 is 4.57 Å². The molecule has 3 nitrogen and oxygen atoms in total. The number of ketones is 1. The summed E-state index contributed by atoms with van der Waals surface area (Å²) in [5.41, 5.74) is 0. The number of allylic oxidation sites excluding steroid dienone is 2. The van der Waals surface area contributed by atoms with Crippen molar-refractivity contribution in [1.82, 2.24) is 9.55 Å². The van der Waals surface area contributed by atoms with Gasteiger partial charge in [0, 0.05) is 19.4 Å². The molecule has 0 fully saturated rings. The molecule has 0 atom stereocenters. The Hall–Kier alpha value is -1.38. The summed E-state index contributed by atoms with van der Waals surface area (Å²) in [6.07, 6.45) is 6.56. The zero-order chi connectivity index (χ0) is 8.27. The van der Waals surface area contributed by atoms with Crippen LogP contribution in [0.15, 0.2) is 24.5 Å². The van der Waals surface area contributed by atoms with Gasteiger partial charge in [-0.1, -0.05) is 6.08 Å². The molecule has 0 amide bonds. The van der Waals surface area contributed by atoms with Crippen LogP contribution >= 0.6 is 0 Å². The predicted octanol–water partition coefficient (Wildman–Crippen LogP) is 1.18. The largest absolute Gasteiger partial charge is 0.331 e. The van der Waals surface area contributed by atoms with Crippen molar-refractivity contribution in [3.63, 3.8) is 0 Å². The average molecular weight is 150 g/mol. The Kier molecular flexibility index (Phi) is 2.21. The molecule has 0 aliphatic rings. The Morgan fingerprint density at radius 3 is 2.91 bits per heavy atom. The zero-order valence-corrected chi connectivity index (χ0v) is 6.61. The van der Waals surface area contributed by atoms with Crippen LogP contribution in [-0.2, 0) is 7.05 Å². The number of hydrogen-bond acceptors (Lipinski definition) is 2. The number of rotatable bonds is 2. The number of carbonyl (C=O) groups excluding carboxylic acids is 1. The van der Waals surface area contributed by atoms with Crippen LogP contribution in [0.4, 0.5) is 0 Å². The van der Waals surface area contributed by atoms with Gasteiger partial charge in [-0.15, -0.1) is 0 Å². The van der Waals surface area contributed by atoms with Crippen molar-refractivity contribution in [1.29, 1.82) is 0 Å². The molecule has 0 spiro atoms. The molecule has 0 bridgehead atoms. The van der Waals surface area contributed by atoms with Crippen molar-refractivity contribution >= 4 is 5.78 Å². The molecule has 1 heterocycles. The summed E-state index contributed by atoms with van der Waals surface area (Å²) < 4.78 is 1.70. The predicted molar refractivity (Wildman–Crippen MR) is 42.4 cm³/mol. The lowest BCUT2D eigenvalue weighted by Crippen LogP contribution is -2.03. The molecular weight excluding hydrogens is 140 g/mol. The quantitative estimate of drug-likeness (QED) is 0.468. The number of hydrogen-bond donors (Lipinski definition) is 0. The summed E-state index contributed by atoms with van der Waals surface area (Å²) in [7, 11) is 1.80. The third-order valence-electron chi connectivity index (χ3n) is 1.36. The fourth-order valence-corrected chi connectivity index (χ4v) is 0.829. The topological polar surface area (TPSA) is 34.9 Å². The minimum absolute atomic E-state index is 0.0556. The molecule has 0 aliphatic heterocycles. The normalized spacial score (nSPS) is 10.7. The van der Waals surface area contributed by atoms with E-state index in [2.05, 4.69) is 4.98 Å². The summed E-state index contributed by atoms with van der Waals surface area (Å²) in [5.74, 6) is 0.420. The third-order valence-corrected chi connectivity index (χ3v) is 1.36. The van der Waals surface area contributed by atoms with Gasteiger partial charge in [0.05, 0.1) is 0 Å². The SMILES string of the molecule is CC=CC(=O)c1nccn1C. The van der Waals surface area contributed by atoms with E-state index in [1.165, 1.54) is 6.08 Å². The van der Waals surface area contributed by atoms with E-state index in [1.54, 1.807) is 37.0 Å². The van der Waals surface area contributed by atoms with Crippen molar-refractivity contribution in [2.75, 3.05) is 0 Å². The van der Waals surface area contributed by atoms with Gasteiger partial charge >= 0.3 is 0 Å². The highest BCUT2D eigenvalue weighted by molar-refractivity contribution is 6.01. The second kappa shape index (κ2) is 3.14. The summed E-state index contributed by atoms with van der Waals surface area (Å²) in [4.78, 5) is 15.1. The molecule has 0 N–H and O–H groups in total. The van der Waals surface area contributed by atoms with Gasteiger partial charge in [0.2, 0.25) is 5.78 Å². The molecular formula is C8H10N2O. The average Bonchev–Trinajstić information content (AvgIpc) is 2.36. The van der Waals surface area contributed by atoms with Crippen LogP contribution in [0.1, 0.15) is 17.5 Å². The first-order valence-corrected chi connectivity index (χ1v) is 3.40. The second-order valence-electron chi connectivity index (χ2n) is 2.23. The standard InChI is InChI=1S/C8H10N2O/c1-3-4-7(11)8-9-5-6-10(8)2/h3-6H,1-2H3. The molecule has 0 saturated carbocycles. The molecule has 3 heteroatoms. The smallest absolute Gasteiger partial charge is 0.220 e. The fraction of sp³-hybridized carbons (Fsp3) is 0.250. The first-order valence-electron chi connectivity index (χ1n) is 3.40. The minimum atomic E-state index is -0.0556. The lowest BCUT2D eigenvalue weighted by Gasteiger charge is -1.93. The van der Waals surface area contributed by atoms with E-state index in [9.17, 15) is 4.79 Å². The Morgan fingerprint density at radius 2 is 2.45 bits per heavy atom. The van der Waals surface area contributed by atoms with Gasteiger partial charge in [0.25, 0.3) is 0 Å². The third kappa shape index (κ3) is 1.55. The van der Waals surface area contributed by atoms with Gasteiger partial charge in [-0.2, -0.15) is 0 Å². The molecule has 0 unspecified atom stereocenters. The van der Waals surface area contributed by atoms with Crippen LogP contribution in [0, 0.1) is 0 Å². The zero-order valence-electron chi connectivity index (χ0n) is 6.61.